The molecule has 0 atom stereocenters. The summed E-state index contributed by atoms with van der Waals surface area (Å²) in [5.74, 6) is 1.64. The van der Waals surface area contributed by atoms with Crippen LogP contribution in [-0.2, 0) is 11.2 Å². The number of hydrogen-bond donors (Lipinski definition) is 0. The van der Waals surface area contributed by atoms with Crippen molar-refractivity contribution < 1.29 is 9.18 Å². The van der Waals surface area contributed by atoms with E-state index in [1.165, 1.54) is 23.1 Å². The molecule has 0 aliphatic heterocycles. The lowest BCUT2D eigenvalue weighted by atomic mass is 10.1. The Labute approximate surface area is 99.5 Å². The minimum Gasteiger partial charge on any atom is -0.318 e. The highest BCUT2D eigenvalue weighted by Crippen LogP contribution is 2.06. The fourth-order valence-electron chi connectivity index (χ4n) is 1.36. The summed E-state index contributed by atoms with van der Waals surface area (Å²) in [5.41, 5.74) is 0.565. The lowest BCUT2D eigenvalue weighted by molar-refractivity contribution is -0.129. The van der Waals surface area contributed by atoms with Crippen molar-refractivity contribution in [3.05, 3.63) is 35.6 Å². The molecular formula is C13H11FN2O. The molecule has 86 valence electrons. The summed E-state index contributed by atoms with van der Waals surface area (Å²) in [6.07, 6.45) is 5.14. The molecule has 1 rings (SSSR count). The van der Waals surface area contributed by atoms with Crippen molar-refractivity contribution in [1.82, 2.24) is 4.90 Å². The van der Waals surface area contributed by atoms with Gasteiger partial charge < -0.3 is 4.90 Å². The fraction of sp³-hybridized carbons (Fsp3) is 0.231. The maximum absolute atomic E-state index is 12.9. The average Bonchev–Trinajstić information content (AvgIpc) is 2.28. The Balaban J connectivity index is 2.71. The maximum atomic E-state index is 12.9. The molecule has 0 radical (unpaired) electrons. The minimum atomic E-state index is -0.390. The second-order valence-electron chi connectivity index (χ2n) is 3.42. The number of halogens is 1. The van der Waals surface area contributed by atoms with Crippen LogP contribution >= 0.6 is 0 Å². The van der Waals surface area contributed by atoms with E-state index < -0.39 is 0 Å². The average molecular weight is 230 g/mol. The monoisotopic (exact) mass is 230 g/mol. The lowest BCUT2D eigenvalue weighted by Crippen LogP contribution is -2.33. The molecule has 0 spiro atoms. The first-order valence-corrected chi connectivity index (χ1v) is 5.00. The van der Waals surface area contributed by atoms with Crippen LogP contribution in [0.4, 0.5) is 4.39 Å². The summed E-state index contributed by atoms with van der Waals surface area (Å²) >= 11 is 0. The third-order valence-electron chi connectivity index (χ3n) is 2.14. The van der Waals surface area contributed by atoms with Gasteiger partial charge in [0.15, 0.2) is 0 Å². The van der Waals surface area contributed by atoms with Gasteiger partial charge in [0.2, 0.25) is 5.91 Å². The summed E-state index contributed by atoms with van der Waals surface area (Å²) < 4.78 is 12.9. The standard InChI is InChI=1S/C13H11FN2O/c1-2-7-16(8-6-15)13(17)10-11-4-3-5-12(14)9-11/h1,3-5,9H,7-8,10H2. The smallest absolute Gasteiger partial charge is 0.228 e. The van der Waals surface area contributed by atoms with Gasteiger partial charge in [-0.2, -0.15) is 5.26 Å². The van der Waals surface area contributed by atoms with E-state index >= 15 is 0 Å². The van der Waals surface area contributed by atoms with Gasteiger partial charge in [0.25, 0.3) is 0 Å². The van der Waals surface area contributed by atoms with Crippen LogP contribution in [0.3, 0.4) is 0 Å². The van der Waals surface area contributed by atoms with E-state index in [0.29, 0.717) is 5.56 Å². The molecule has 0 aromatic heterocycles. The first kappa shape index (κ1) is 12.7. The molecule has 0 bridgehead atoms. The van der Waals surface area contributed by atoms with Gasteiger partial charge in [-0.05, 0) is 17.7 Å². The van der Waals surface area contributed by atoms with Crippen molar-refractivity contribution in [3.8, 4) is 18.4 Å². The van der Waals surface area contributed by atoms with Crippen molar-refractivity contribution >= 4 is 5.91 Å². The number of benzene rings is 1. The molecule has 0 aliphatic carbocycles. The molecule has 0 fully saturated rings. The van der Waals surface area contributed by atoms with Gasteiger partial charge >= 0.3 is 0 Å². The first-order valence-electron chi connectivity index (χ1n) is 5.00. The topological polar surface area (TPSA) is 44.1 Å². The number of terminal acetylenes is 1. The van der Waals surface area contributed by atoms with Gasteiger partial charge in [-0.3, -0.25) is 4.79 Å². The van der Waals surface area contributed by atoms with E-state index in [-0.39, 0.29) is 31.2 Å². The zero-order valence-corrected chi connectivity index (χ0v) is 9.19. The summed E-state index contributed by atoms with van der Waals surface area (Å²) in [5, 5.41) is 8.55. The second kappa shape index (κ2) is 6.30. The number of rotatable bonds is 4. The van der Waals surface area contributed by atoms with Gasteiger partial charge in [0.05, 0.1) is 19.0 Å². The highest BCUT2D eigenvalue weighted by molar-refractivity contribution is 5.79. The second-order valence-corrected chi connectivity index (χ2v) is 3.42. The Morgan fingerprint density at radius 3 is 2.82 bits per heavy atom. The Morgan fingerprint density at radius 2 is 2.24 bits per heavy atom. The summed E-state index contributed by atoms with van der Waals surface area (Å²) in [6.45, 7) is 0.0278. The number of carbonyl (C=O) groups excluding carboxylic acids is 1. The molecule has 0 unspecified atom stereocenters. The Morgan fingerprint density at radius 1 is 1.47 bits per heavy atom. The highest BCUT2D eigenvalue weighted by atomic mass is 19.1. The summed E-state index contributed by atoms with van der Waals surface area (Å²) in [7, 11) is 0. The molecule has 1 aromatic rings. The van der Waals surface area contributed by atoms with E-state index in [0.717, 1.165) is 0 Å². The summed E-state index contributed by atoms with van der Waals surface area (Å²) in [6, 6.07) is 7.65. The molecule has 0 saturated carbocycles. The van der Waals surface area contributed by atoms with E-state index in [1.54, 1.807) is 6.07 Å². The molecule has 17 heavy (non-hydrogen) atoms. The predicted octanol–water partition coefficient (Wildman–Crippen LogP) is 1.35. The van der Waals surface area contributed by atoms with Crippen LogP contribution in [0.5, 0.6) is 0 Å². The van der Waals surface area contributed by atoms with Crippen LogP contribution < -0.4 is 0 Å². The van der Waals surface area contributed by atoms with Crippen molar-refractivity contribution in [1.29, 1.82) is 5.26 Å². The van der Waals surface area contributed by atoms with Crippen LogP contribution in [0.25, 0.3) is 0 Å². The quantitative estimate of drug-likeness (QED) is 0.579. The van der Waals surface area contributed by atoms with Crippen molar-refractivity contribution in [2.24, 2.45) is 0 Å². The molecule has 3 nitrogen and oxygen atoms in total. The van der Waals surface area contributed by atoms with Gasteiger partial charge in [-0.25, -0.2) is 4.39 Å². The maximum Gasteiger partial charge on any atom is 0.228 e. The molecular weight excluding hydrogens is 219 g/mol. The van der Waals surface area contributed by atoms with E-state index in [9.17, 15) is 9.18 Å². The molecule has 0 N–H and O–H groups in total. The van der Waals surface area contributed by atoms with E-state index in [4.69, 9.17) is 11.7 Å². The Kier molecular flexibility index (Phi) is 4.72. The number of hydrogen-bond acceptors (Lipinski definition) is 2. The van der Waals surface area contributed by atoms with Gasteiger partial charge in [-0.15, -0.1) is 6.42 Å². The highest BCUT2D eigenvalue weighted by Gasteiger charge is 2.12. The molecule has 0 heterocycles. The lowest BCUT2D eigenvalue weighted by Gasteiger charge is -2.16. The van der Waals surface area contributed by atoms with Crippen molar-refractivity contribution in [2.75, 3.05) is 13.1 Å². The van der Waals surface area contributed by atoms with Gasteiger partial charge in [-0.1, -0.05) is 18.1 Å². The van der Waals surface area contributed by atoms with Crippen LogP contribution in [0.2, 0.25) is 0 Å². The molecule has 1 aromatic carbocycles. The number of nitrogens with zero attached hydrogens (tertiary/aromatic N) is 2. The third-order valence-corrected chi connectivity index (χ3v) is 2.14. The normalized spacial score (nSPS) is 9.12. The van der Waals surface area contributed by atoms with Gasteiger partial charge in [0.1, 0.15) is 12.4 Å². The zero-order chi connectivity index (χ0) is 12.7. The van der Waals surface area contributed by atoms with E-state index in [2.05, 4.69) is 5.92 Å². The third kappa shape index (κ3) is 3.96. The fourth-order valence-corrected chi connectivity index (χ4v) is 1.36. The predicted molar refractivity (Wildman–Crippen MR) is 61.1 cm³/mol. The number of amides is 1. The minimum absolute atomic E-state index is 0.0428. The number of nitriles is 1. The van der Waals surface area contributed by atoms with Crippen LogP contribution in [0.15, 0.2) is 24.3 Å². The molecule has 4 heteroatoms. The molecule has 1 amide bonds. The largest absolute Gasteiger partial charge is 0.318 e. The molecule has 0 aliphatic rings. The Hall–Kier alpha value is -2.33. The summed E-state index contributed by atoms with van der Waals surface area (Å²) in [4.78, 5) is 13.0. The van der Waals surface area contributed by atoms with Gasteiger partial charge in [0, 0.05) is 0 Å². The van der Waals surface area contributed by atoms with Crippen LogP contribution in [-0.4, -0.2) is 23.9 Å². The van der Waals surface area contributed by atoms with Crippen LogP contribution in [0, 0.1) is 29.5 Å². The van der Waals surface area contributed by atoms with Crippen molar-refractivity contribution in [2.45, 2.75) is 6.42 Å². The first-order chi connectivity index (χ1) is 8.17. The van der Waals surface area contributed by atoms with E-state index in [1.807, 2.05) is 6.07 Å². The SMILES string of the molecule is C#CCN(CC#N)C(=O)Cc1cccc(F)c1. The van der Waals surface area contributed by atoms with Crippen molar-refractivity contribution in [3.63, 3.8) is 0 Å². The Bertz CT molecular complexity index is 469. The molecule has 0 saturated heterocycles. The zero-order valence-electron chi connectivity index (χ0n) is 9.19. The number of carbonyl (C=O) groups is 1. The van der Waals surface area contributed by atoms with Crippen LogP contribution in [0.1, 0.15) is 5.56 Å².